The van der Waals surface area contributed by atoms with Gasteiger partial charge in [0.25, 0.3) is 5.91 Å². The van der Waals surface area contributed by atoms with Crippen LogP contribution in [0.15, 0.2) is 22.8 Å². The van der Waals surface area contributed by atoms with Crippen LogP contribution < -0.4 is 10.6 Å². The monoisotopic (exact) mass is 460 g/mol. The van der Waals surface area contributed by atoms with Gasteiger partial charge in [-0.2, -0.15) is 0 Å². The molecule has 2 aliphatic heterocycles. The van der Waals surface area contributed by atoms with Crippen LogP contribution in [0.2, 0.25) is 0 Å². The molecule has 3 fully saturated rings. The molecular weight excluding hydrogens is 428 g/mol. The molecule has 33 heavy (non-hydrogen) atoms. The summed E-state index contributed by atoms with van der Waals surface area (Å²) in [6.07, 6.45) is 8.23. The van der Waals surface area contributed by atoms with Crippen molar-refractivity contribution in [3.05, 3.63) is 24.2 Å². The second-order valence-electron chi connectivity index (χ2n) is 9.05. The van der Waals surface area contributed by atoms with Gasteiger partial charge in [0.05, 0.1) is 19.4 Å². The third-order valence-electron chi connectivity index (χ3n) is 6.86. The third kappa shape index (κ3) is 5.15. The molecule has 2 saturated heterocycles. The highest BCUT2D eigenvalue weighted by Gasteiger charge is 2.46. The van der Waals surface area contributed by atoms with Crippen LogP contribution >= 0.6 is 0 Å². The van der Waals surface area contributed by atoms with Crippen LogP contribution in [-0.4, -0.2) is 78.0 Å². The Hall–Kier alpha value is -3.04. The van der Waals surface area contributed by atoms with E-state index in [2.05, 4.69) is 10.6 Å². The van der Waals surface area contributed by atoms with Crippen molar-refractivity contribution in [2.45, 2.75) is 75.5 Å². The van der Waals surface area contributed by atoms with Crippen LogP contribution in [0.3, 0.4) is 0 Å². The molecule has 1 saturated carbocycles. The number of carbonyl (C=O) groups is 4. The average molecular weight is 461 g/mol. The molecular formula is C23H32N4O6. The van der Waals surface area contributed by atoms with Crippen molar-refractivity contribution in [2.75, 3.05) is 20.2 Å². The van der Waals surface area contributed by atoms with Crippen LogP contribution in [0.4, 0.5) is 4.79 Å². The first-order chi connectivity index (χ1) is 16.0. The molecule has 2 N–H and O–H groups in total. The molecule has 0 spiro atoms. The van der Waals surface area contributed by atoms with Crippen molar-refractivity contribution in [3.63, 3.8) is 0 Å². The quantitative estimate of drug-likeness (QED) is 0.645. The van der Waals surface area contributed by atoms with Crippen molar-refractivity contribution in [3.8, 4) is 0 Å². The fourth-order valence-electron chi connectivity index (χ4n) is 5.20. The van der Waals surface area contributed by atoms with Gasteiger partial charge in [-0.3, -0.25) is 9.59 Å². The number of nitrogens with zero attached hydrogens (tertiary/aromatic N) is 2. The maximum Gasteiger partial charge on any atom is 0.328 e. The van der Waals surface area contributed by atoms with Gasteiger partial charge in [-0.15, -0.1) is 0 Å². The molecule has 0 aromatic carbocycles. The lowest BCUT2D eigenvalue weighted by Gasteiger charge is -2.29. The lowest BCUT2D eigenvalue weighted by Crippen LogP contribution is -2.51. The summed E-state index contributed by atoms with van der Waals surface area (Å²) in [6, 6.07) is 1.20. The number of hydrogen-bond acceptors (Lipinski definition) is 6. The molecule has 1 aromatic heterocycles. The number of rotatable bonds is 5. The minimum Gasteiger partial charge on any atom is -0.467 e. The van der Waals surface area contributed by atoms with E-state index in [1.165, 1.54) is 29.6 Å². The fourth-order valence-corrected chi connectivity index (χ4v) is 5.20. The zero-order chi connectivity index (χ0) is 23.4. The normalized spacial score (nSPS) is 25.7. The van der Waals surface area contributed by atoms with Gasteiger partial charge < -0.3 is 29.6 Å². The number of urea groups is 1. The molecule has 1 aliphatic carbocycles. The van der Waals surface area contributed by atoms with Crippen molar-refractivity contribution < 1.29 is 28.3 Å². The summed E-state index contributed by atoms with van der Waals surface area (Å²) in [4.78, 5) is 54.3. The first-order valence-electron chi connectivity index (χ1n) is 11.8. The van der Waals surface area contributed by atoms with E-state index in [0.717, 1.165) is 25.7 Å². The average Bonchev–Trinajstić information content (AvgIpc) is 3.59. The van der Waals surface area contributed by atoms with Gasteiger partial charge in [-0.1, -0.05) is 19.3 Å². The summed E-state index contributed by atoms with van der Waals surface area (Å²) in [5, 5.41) is 5.96. The third-order valence-corrected chi connectivity index (χ3v) is 6.86. The molecule has 4 rings (SSSR count). The second-order valence-corrected chi connectivity index (χ2v) is 9.05. The number of carbonyl (C=O) groups excluding carboxylic acids is 4. The van der Waals surface area contributed by atoms with E-state index in [0.29, 0.717) is 19.4 Å². The molecule has 0 radical (unpaired) electrons. The van der Waals surface area contributed by atoms with Crippen LogP contribution in [0.5, 0.6) is 0 Å². The number of hydrogen-bond donors (Lipinski definition) is 2. The Morgan fingerprint density at radius 2 is 1.73 bits per heavy atom. The van der Waals surface area contributed by atoms with Crippen molar-refractivity contribution in [1.29, 1.82) is 0 Å². The highest BCUT2D eigenvalue weighted by molar-refractivity contribution is 5.97. The minimum atomic E-state index is -0.798. The topological polar surface area (TPSA) is 121 Å². The summed E-state index contributed by atoms with van der Waals surface area (Å²) in [5.41, 5.74) is 0. The summed E-state index contributed by atoms with van der Waals surface area (Å²) in [5.74, 6) is -1.04. The van der Waals surface area contributed by atoms with Gasteiger partial charge in [0.2, 0.25) is 5.91 Å². The molecule has 1 aromatic rings. The van der Waals surface area contributed by atoms with Gasteiger partial charge in [0.15, 0.2) is 5.76 Å². The molecule has 3 heterocycles. The number of nitrogens with one attached hydrogen (secondary N) is 2. The van der Waals surface area contributed by atoms with Crippen molar-refractivity contribution >= 4 is 23.8 Å². The summed E-state index contributed by atoms with van der Waals surface area (Å²) in [6.45, 7) is 0.614. The number of ether oxygens (including phenoxy) is 1. The lowest BCUT2D eigenvalue weighted by atomic mass is 9.96. The van der Waals surface area contributed by atoms with Gasteiger partial charge in [0, 0.05) is 19.1 Å². The molecule has 3 atom stereocenters. The molecule has 180 valence electrons. The van der Waals surface area contributed by atoms with Gasteiger partial charge in [-0.25, -0.2) is 9.59 Å². The molecule has 4 amide bonds. The molecule has 3 aliphatic rings. The summed E-state index contributed by atoms with van der Waals surface area (Å²) in [7, 11) is 1.30. The SMILES string of the molecule is COC(=O)C1CCCN1C(=O)C1CC(NC(=O)NC2CCCCC2)CN1C(=O)c1ccco1. The molecule has 0 bridgehead atoms. The number of amides is 4. The Morgan fingerprint density at radius 1 is 0.970 bits per heavy atom. The maximum atomic E-state index is 13.5. The molecule has 10 heteroatoms. The predicted molar refractivity (Wildman–Crippen MR) is 117 cm³/mol. The Kier molecular flexibility index (Phi) is 7.20. The number of likely N-dealkylation sites (tertiary alicyclic amines) is 2. The highest BCUT2D eigenvalue weighted by Crippen LogP contribution is 2.27. The molecule has 10 nitrogen and oxygen atoms in total. The van der Waals surface area contributed by atoms with E-state index in [1.54, 1.807) is 12.1 Å². The van der Waals surface area contributed by atoms with Crippen LogP contribution in [0, 0.1) is 0 Å². The van der Waals surface area contributed by atoms with Gasteiger partial charge in [0.1, 0.15) is 12.1 Å². The Labute approximate surface area is 193 Å². The van der Waals surface area contributed by atoms with E-state index in [-0.39, 0.29) is 42.7 Å². The zero-order valence-corrected chi connectivity index (χ0v) is 19.0. The maximum absolute atomic E-state index is 13.5. The van der Waals surface area contributed by atoms with Crippen molar-refractivity contribution in [1.82, 2.24) is 20.4 Å². The Balaban J connectivity index is 1.46. The van der Waals surface area contributed by atoms with Crippen LogP contribution in [-0.2, 0) is 14.3 Å². The van der Waals surface area contributed by atoms with E-state index in [4.69, 9.17) is 9.15 Å². The highest BCUT2D eigenvalue weighted by atomic mass is 16.5. The second kappa shape index (κ2) is 10.3. The van der Waals surface area contributed by atoms with E-state index < -0.39 is 24.0 Å². The van der Waals surface area contributed by atoms with Crippen LogP contribution in [0.25, 0.3) is 0 Å². The number of methoxy groups -OCH3 is 1. The lowest BCUT2D eigenvalue weighted by molar-refractivity contribution is -0.152. The first-order valence-corrected chi connectivity index (χ1v) is 11.8. The standard InChI is InChI=1S/C23H32N4O6/c1-32-22(30)17-9-5-11-26(17)20(28)18-13-16(14-27(18)21(29)19-10-6-12-33-19)25-23(31)24-15-7-3-2-4-8-15/h6,10,12,15-18H,2-5,7-9,11,13-14H2,1H3,(H2,24,25,31). The first kappa shape index (κ1) is 23.1. The van der Waals surface area contributed by atoms with Gasteiger partial charge >= 0.3 is 12.0 Å². The Morgan fingerprint density at radius 3 is 2.42 bits per heavy atom. The van der Waals surface area contributed by atoms with Crippen LogP contribution in [0.1, 0.15) is 61.9 Å². The number of esters is 1. The summed E-state index contributed by atoms with van der Waals surface area (Å²) < 4.78 is 10.1. The van der Waals surface area contributed by atoms with E-state index in [1.807, 2.05) is 0 Å². The fraction of sp³-hybridized carbons (Fsp3) is 0.652. The van der Waals surface area contributed by atoms with E-state index in [9.17, 15) is 19.2 Å². The van der Waals surface area contributed by atoms with Gasteiger partial charge in [-0.05, 0) is 44.2 Å². The smallest absolute Gasteiger partial charge is 0.328 e. The van der Waals surface area contributed by atoms with Crippen molar-refractivity contribution in [2.24, 2.45) is 0 Å². The minimum absolute atomic E-state index is 0.131. The summed E-state index contributed by atoms with van der Waals surface area (Å²) >= 11 is 0. The predicted octanol–water partition coefficient (Wildman–Crippen LogP) is 1.66. The zero-order valence-electron chi connectivity index (χ0n) is 19.0. The van der Waals surface area contributed by atoms with E-state index >= 15 is 0 Å². The Bertz CT molecular complexity index is 866. The number of furan rings is 1. The molecule has 3 unspecified atom stereocenters. The largest absolute Gasteiger partial charge is 0.467 e.